The molecular weight excluding hydrogens is 364 g/mol. The number of thiazole rings is 1. The minimum absolute atomic E-state index is 0.0168. The molecule has 142 valence electrons. The average Bonchev–Trinajstić information content (AvgIpc) is 3.07. The first-order valence-corrected chi connectivity index (χ1v) is 9.01. The molecule has 1 aliphatic rings. The van der Waals surface area contributed by atoms with Crippen LogP contribution in [0.4, 0.5) is 5.95 Å². The number of carbonyl (C=O) groups is 1. The molecule has 1 unspecified atom stereocenters. The largest absolute Gasteiger partial charge is 0.460 e. The Hall–Kier alpha value is -2.24. The third-order valence-corrected chi connectivity index (χ3v) is 5.26. The van der Waals surface area contributed by atoms with Gasteiger partial charge in [-0.15, -0.1) is 0 Å². The molecular formula is C15H20N4O6S. The summed E-state index contributed by atoms with van der Waals surface area (Å²) in [6, 6.07) is 0. The summed E-state index contributed by atoms with van der Waals surface area (Å²) in [7, 11) is 0. The van der Waals surface area contributed by atoms with Crippen LogP contribution in [0.15, 0.2) is 9.59 Å². The Kier molecular flexibility index (Phi) is 5.12. The van der Waals surface area contributed by atoms with Crippen LogP contribution >= 0.6 is 11.3 Å². The van der Waals surface area contributed by atoms with Gasteiger partial charge >= 0.3 is 10.8 Å². The van der Waals surface area contributed by atoms with E-state index < -0.39 is 40.8 Å². The topological polar surface area (TPSA) is 150 Å². The van der Waals surface area contributed by atoms with Gasteiger partial charge in [-0.05, 0) is 6.42 Å². The minimum atomic E-state index is -0.842. The standard InChI is InChI=1S/C15H20N4O6S/c1-3-8(24-6(2)20)9-4-7(21)10(25-9)5-19-12-11(26-15(19)23)13(22)18-14(16)17-12/h7-10,21H,3-5H2,1-2H3,(H3,16,17,18,22)/t7-,8+,9?,10+/m1/s1. The van der Waals surface area contributed by atoms with Crippen molar-refractivity contribution in [1.82, 2.24) is 14.5 Å². The number of nitrogen functional groups attached to an aromatic ring is 1. The highest BCUT2D eigenvalue weighted by atomic mass is 32.1. The van der Waals surface area contributed by atoms with Crippen molar-refractivity contribution in [3.8, 4) is 0 Å². The van der Waals surface area contributed by atoms with Gasteiger partial charge in [0, 0.05) is 13.3 Å². The van der Waals surface area contributed by atoms with Gasteiger partial charge in [0.25, 0.3) is 5.56 Å². The van der Waals surface area contributed by atoms with Gasteiger partial charge in [0.15, 0.2) is 5.65 Å². The number of H-pyrrole nitrogens is 1. The molecule has 4 atom stereocenters. The molecule has 0 aromatic carbocycles. The lowest BCUT2D eigenvalue weighted by atomic mass is 10.1. The van der Waals surface area contributed by atoms with E-state index in [4.69, 9.17) is 15.2 Å². The van der Waals surface area contributed by atoms with E-state index in [1.165, 1.54) is 11.5 Å². The molecule has 10 nitrogen and oxygen atoms in total. The first-order chi connectivity index (χ1) is 12.3. The Morgan fingerprint density at radius 3 is 2.96 bits per heavy atom. The van der Waals surface area contributed by atoms with Gasteiger partial charge in [-0.25, -0.2) is 0 Å². The van der Waals surface area contributed by atoms with Crippen molar-refractivity contribution in [3.63, 3.8) is 0 Å². The third kappa shape index (κ3) is 3.50. The number of esters is 1. The fraction of sp³-hybridized carbons (Fsp3) is 0.600. The molecule has 1 fully saturated rings. The Balaban J connectivity index is 1.85. The van der Waals surface area contributed by atoms with Crippen LogP contribution in [0, 0.1) is 0 Å². The van der Waals surface area contributed by atoms with Crippen molar-refractivity contribution in [3.05, 3.63) is 20.0 Å². The fourth-order valence-electron chi connectivity index (χ4n) is 3.11. The van der Waals surface area contributed by atoms with Crippen molar-refractivity contribution in [2.75, 3.05) is 5.73 Å². The van der Waals surface area contributed by atoms with Gasteiger partial charge in [-0.3, -0.25) is 23.9 Å². The number of aromatic nitrogens is 3. The van der Waals surface area contributed by atoms with Gasteiger partial charge in [0.1, 0.15) is 16.9 Å². The quantitative estimate of drug-likeness (QED) is 0.589. The normalized spacial score (nSPS) is 24.0. The number of aliphatic hydroxyl groups excluding tert-OH is 1. The summed E-state index contributed by atoms with van der Waals surface area (Å²) < 4.78 is 12.5. The Morgan fingerprint density at radius 1 is 1.58 bits per heavy atom. The number of hydrogen-bond donors (Lipinski definition) is 3. The second-order valence-corrected chi connectivity index (χ2v) is 7.12. The number of rotatable bonds is 5. The summed E-state index contributed by atoms with van der Waals surface area (Å²) in [6.07, 6.45) is -1.65. The van der Waals surface area contributed by atoms with E-state index in [9.17, 15) is 19.5 Å². The van der Waals surface area contributed by atoms with Gasteiger partial charge < -0.3 is 20.3 Å². The minimum Gasteiger partial charge on any atom is -0.460 e. The van der Waals surface area contributed by atoms with Crippen molar-refractivity contribution in [2.45, 2.75) is 57.6 Å². The molecule has 2 aromatic heterocycles. The zero-order valence-corrected chi connectivity index (χ0v) is 15.1. The van der Waals surface area contributed by atoms with E-state index in [2.05, 4.69) is 9.97 Å². The summed E-state index contributed by atoms with van der Waals surface area (Å²) in [6.45, 7) is 3.19. The smallest absolute Gasteiger partial charge is 0.309 e. The van der Waals surface area contributed by atoms with Crippen molar-refractivity contribution >= 4 is 33.6 Å². The Morgan fingerprint density at radius 2 is 2.31 bits per heavy atom. The fourth-order valence-corrected chi connectivity index (χ4v) is 3.95. The number of anilines is 1. The molecule has 0 saturated carbocycles. The van der Waals surface area contributed by atoms with Crippen LogP contribution in [0.3, 0.4) is 0 Å². The van der Waals surface area contributed by atoms with Gasteiger partial charge in [0.2, 0.25) is 5.95 Å². The third-order valence-electron chi connectivity index (χ3n) is 4.29. The van der Waals surface area contributed by atoms with Crippen molar-refractivity contribution < 1.29 is 19.4 Å². The number of nitrogens with one attached hydrogen (secondary N) is 1. The highest BCUT2D eigenvalue weighted by molar-refractivity contribution is 7.16. The molecule has 0 bridgehead atoms. The number of aromatic amines is 1. The van der Waals surface area contributed by atoms with E-state index in [-0.39, 0.29) is 29.3 Å². The number of hydrogen-bond acceptors (Lipinski definition) is 9. The first-order valence-electron chi connectivity index (χ1n) is 8.20. The monoisotopic (exact) mass is 384 g/mol. The van der Waals surface area contributed by atoms with Crippen LogP contribution in [0.5, 0.6) is 0 Å². The molecule has 0 aliphatic carbocycles. The van der Waals surface area contributed by atoms with Gasteiger partial charge in [0.05, 0.1) is 18.8 Å². The highest BCUT2D eigenvalue weighted by Gasteiger charge is 2.39. The van der Waals surface area contributed by atoms with Crippen LogP contribution in [0.25, 0.3) is 10.3 Å². The first kappa shape index (κ1) is 18.5. The van der Waals surface area contributed by atoms with Crippen LogP contribution < -0.4 is 16.2 Å². The maximum Gasteiger partial charge on any atom is 0.309 e. The second-order valence-electron chi connectivity index (χ2n) is 6.15. The highest BCUT2D eigenvalue weighted by Crippen LogP contribution is 2.27. The molecule has 0 radical (unpaired) electrons. The zero-order chi connectivity index (χ0) is 19.0. The number of nitrogens with two attached hydrogens (primary N) is 1. The van der Waals surface area contributed by atoms with Crippen LogP contribution in [-0.2, 0) is 20.8 Å². The number of fused-ring (bicyclic) bond motifs is 1. The van der Waals surface area contributed by atoms with Gasteiger partial charge in [-0.2, -0.15) is 4.98 Å². The molecule has 0 spiro atoms. The summed E-state index contributed by atoms with van der Waals surface area (Å²) in [4.78, 5) is 41.3. The number of aliphatic hydroxyl groups is 1. The van der Waals surface area contributed by atoms with Crippen LogP contribution in [0.1, 0.15) is 26.7 Å². The SMILES string of the molecule is CC[C@H](OC(C)=O)C1C[C@@H](O)[C@H](Cn2c(=O)sc3c(=O)[nH]c(N)nc32)O1. The molecule has 26 heavy (non-hydrogen) atoms. The lowest BCUT2D eigenvalue weighted by Crippen LogP contribution is -2.32. The Labute approximate surface area is 151 Å². The lowest BCUT2D eigenvalue weighted by molar-refractivity contribution is -0.154. The molecule has 11 heteroatoms. The molecule has 1 aliphatic heterocycles. The zero-order valence-electron chi connectivity index (χ0n) is 14.3. The van der Waals surface area contributed by atoms with Gasteiger partial charge in [-0.1, -0.05) is 18.3 Å². The molecule has 1 saturated heterocycles. The Bertz CT molecular complexity index is 934. The van der Waals surface area contributed by atoms with E-state index in [0.29, 0.717) is 6.42 Å². The van der Waals surface area contributed by atoms with E-state index in [1.807, 2.05) is 6.92 Å². The molecule has 4 N–H and O–H groups in total. The molecule has 3 heterocycles. The molecule has 2 aromatic rings. The lowest BCUT2D eigenvalue weighted by Gasteiger charge is -2.22. The molecule has 3 rings (SSSR count). The summed E-state index contributed by atoms with van der Waals surface area (Å²) in [5.41, 5.74) is 5.23. The van der Waals surface area contributed by atoms with Crippen LogP contribution in [-0.4, -0.2) is 50.0 Å². The number of ether oxygens (including phenoxy) is 2. The predicted molar refractivity (Wildman–Crippen MR) is 94.0 cm³/mol. The van der Waals surface area contributed by atoms with Crippen LogP contribution in [0.2, 0.25) is 0 Å². The summed E-state index contributed by atoms with van der Waals surface area (Å²) in [5, 5.41) is 10.3. The van der Waals surface area contributed by atoms with Crippen molar-refractivity contribution in [2.24, 2.45) is 0 Å². The van der Waals surface area contributed by atoms with E-state index >= 15 is 0 Å². The van der Waals surface area contributed by atoms with E-state index in [0.717, 1.165) is 11.3 Å². The summed E-state index contributed by atoms with van der Waals surface area (Å²) >= 11 is 0.758. The maximum absolute atomic E-state index is 12.3. The second kappa shape index (κ2) is 7.17. The average molecular weight is 384 g/mol. The van der Waals surface area contributed by atoms with Crippen molar-refractivity contribution in [1.29, 1.82) is 0 Å². The number of nitrogens with zero attached hydrogens (tertiary/aromatic N) is 2. The number of carbonyl (C=O) groups excluding carboxylic acids is 1. The van der Waals surface area contributed by atoms with E-state index in [1.54, 1.807) is 0 Å². The summed E-state index contributed by atoms with van der Waals surface area (Å²) in [5.74, 6) is -0.516. The maximum atomic E-state index is 12.3. The molecule has 0 amide bonds. The predicted octanol–water partition coefficient (Wildman–Crippen LogP) is -0.411.